The molecule has 0 heterocycles. The maximum Gasteiger partial charge on any atom is 0.254 e. The minimum Gasteiger partial charge on any atom is -0.281 e. The Labute approximate surface area is 67.7 Å². The molecule has 0 aromatic carbocycles. The summed E-state index contributed by atoms with van der Waals surface area (Å²) < 4.78 is 25.0. The van der Waals surface area contributed by atoms with Crippen molar-refractivity contribution in [2.24, 2.45) is 17.8 Å². The Morgan fingerprint density at radius 3 is 2.18 bits per heavy atom. The second-order valence-corrected chi connectivity index (χ2v) is 3.73. The predicted octanol–water partition coefficient (Wildman–Crippen LogP) is 2.04. The van der Waals surface area contributed by atoms with E-state index in [1.807, 2.05) is 0 Å². The van der Waals surface area contributed by atoms with Crippen molar-refractivity contribution in [3.63, 3.8) is 0 Å². The van der Waals surface area contributed by atoms with Gasteiger partial charge in [0.05, 0.1) is 0 Å². The molecule has 0 aliphatic heterocycles. The van der Waals surface area contributed by atoms with Crippen molar-refractivity contribution in [3.05, 3.63) is 0 Å². The molecule has 2 aliphatic carbocycles. The Morgan fingerprint density at radius 1 is 1.36 bits per heavy atom. The van der Waals surface area contributed by atoms with Gasteiger partial charge in [-0.2, -0.15) is 0 Å². The Hall–Kier alpha value is -0.180. The third kappa shape index (κ3) is 0.901. The lowest BCUT2D eigenvalue weighted by atomic mass is 10.0. The molecule has 1 nitrogen and oxygen atoms in total. The van der Waals surface area contributed by atoms with Crippen LogP contribution in [0.15, 0.2) is 0 Å². The van der Waals surface area contributed by atoms with E-state index in [1.54, 1.807) is 0 Å². The first-order valence-electron chi connectivity index (χ1n) is 3.60. The summed E-state index contributed by atoms with van der Waals surface area (Å²) in [6.45, 7) is 0. The van der Waals surface area contributed by atoms with Crippen LogP contribution in [-0.4, -0.2) is 11.2 Å². The number of halogens is 3. The zero-order valence-electron chi connectivity index (χ0n) is 5.69. The van der Waals surface area contributed by atoms with E-state index >= 15 is 0 Å². The molecule has 2 unspecified atom stereocenters. The lowest BCUT2D eigenvalue weighted by Gasteiger charge is -2.07. The fourth-order valence-corrected chi connectivity index (χ4v) is 2.18. The maximum atomic E-state index is 12.5. The van der Waals surface area contributed by atoms with E-state index in [9.17, 15) is 13.6 Å². The molecule has 2 aliphatic rings. The maximum absolute atomic E-state index is 12.5. The zero-order chi connectivity index (χ0) is 8.22. The van der Waals surface area contributed by atoms with Crippen LogP contribution in [0.3, 0.4) is 0 Å². The fraction of sp³-hybridized carbons (Fsp3) is 0.857. The van der Waals surface area contributed by atoms with Crippen LogP contribution in [0.2, 0.25) is 0 Å². The van der Waals surface area contributed by atoms with E-state index in [0.717, 1.165) is 0 Å². The fourth-order valence-electron chi connectivity index (χ4n) is 2.00. The van der Waals surface area contributed by atoms with Gasteiger partial charge in [-0.25, -0.2) is 8.78 Å². The largest absolute Gasteiger partial charge is 0.281 e. The number of carbonyl (C=O) groups is 1. The highest BCUT2D eigenvalue weighted by molar-refractivity contribution is 6.64. The van der Waals surface area contributed by atoms with Gasteiger partial charge in [0, 0.05) is 17.8 Å². The standard InChI is InChI=1S/C7H7ClF2O/c8-6(11)3-1-4-5(2-3)7(4,9)10/h3-5H,1-2H2. The van der Waals surface area contributed by atoms with Crippen LogP contribution in [0.5, 0.6) is 0 Å². The van der Waals surface area contributed by atoms with Gasteiger partial charge in [-0.15, -0.1) is 0 Å². The molecule has 0 spiro atoms. The summed E-state index contributed by atoms with van der Waals surface area (Å²) >= 11 is 5.18. The molecule has 0 N–H and O–H groups in total. The molecule has 2 atom stereocenters. The van der Waals surface area contributed by atoms with E-state index in [-0.39, 0.29) is 5.92 Å². The summed E-state index contributed by atoms with van der Waals surface area (Å²) in [5, 5.41) is -0.451. The highest BCUT2D eigenvalue weighted by Crippen LogP contribution is 2.65. The molecular formula is C7H7ClF2O. The van der Waals surface area contributed by atoms with Crippen molar-refractivity contribution < 1.29 is 13.6 Å². The molecule has 0 aromatic heterocycles. The van der Waals surface area contributed by atoms with Crippen LogP contribution >= 0.6 is 11.6 Å². The summed E-state index contributed by atoms with van der Waals surface area (Å²) in [4.78, 5) is 10.5. The molecule has 4 heteroatoms. The summed E-state index contributed by atoms with van der Waals surface area (Å²) in [5.41, 5.74) is 0. The molecule has 0 aromatic rings. The molecule has 0 radical (unpaired) electrons. The van der Waals surface area contributed by atoms with E-state index in [0.29, 0.717) is 12.8 Å². The van der Waals surface area contributed by atoms with Crippen molar-refractivity contribution in [2.45, 2.75) is 18.8 Å². The van der Waals surface area contributed by atoms with Gasteiger partial charge in [-0.05, 0) is 24.4 Å². The number of alkyl halides is 2. The van der Waals surface area contributed by atoms with E-state index in [4.69, 9.17) is 11.6 Å². The van der Waals surface area contributed by atoms with Gasteiger partial charge in [-0.3, -0.25) is 4.79 Å². The van der Waals surface area contributed by atoms with Crippen molar-refractivity contribution in [2.75, 3.05) is 0 Å². The molecule has 62 valence electrons. The summed E-state index contributed by atoms with van der Waals surface area (Å²) in [6.07, 6.45) is 0.583. The summed E-state index contributed by atoms with van der Waals surface area (Å²) in [5.74, 6) is -3.88. The average molecular weight is 181 g/mol. The molecule has 0 amide bonds. The van der Waals surface area contributed by atoms with Gasteiger partial charge in [0.1, 0.15) is 0 Å². The third-order valence-electron chi connectivity index (χ3n) is 2.76. The Morgan fingerprint density at radius 2 is 1.82 bits per heavy atom. The van der Waals surface area contributed by atoms with Gasteiger partial charge < -0.3 is 0 Å². The van der Waals surface area contributed by atoms with Crippen LogP contribution in [0.4, 0.5) is 8.78 Å². The van der Waals surface area contributed by atoms with Crippen LogP contribution in [0.1, 0.15) is 12.8 Å². The van der Waals surface area contributed by atoms with Gasteiger partial charge >= 0.3 is 0 Å². The van der Waals surface area contributed by atoms with Crippen LogP contribution in [0, 0.1) is 17.8 Å². The average Bonchev–Trinajstić information content (AvgIpc) is 2.28. The number of carbonyl (C=O) groups excluding carboxylic acids is 1. The second kappa shape index (κ2) is 1.94. The monoisotopic (exact) mass is 180 g/mol. The highest BCUT2D eigenvalue weighted by atomic mass is 35.5. The number of rotatable bonds is 1. The Kier molecular flexibility index (Phi) is 1.32. The lowest BCUT2D eigenvalue weighted by Crippen LogP contribution is -2.12. The van der Waals surface area contributed by atoms with Gasteiger partial charge in [0.2, 0.25) is 5.24 Å². The Bertz CT molecular complexity index is 202. The van der Waals surface area contributed by atoms with E-state index < -0.39 is 23.0 Å². The van der Waals surface area contributed by atoms with Crippen LogP contribution in [0.25, 0.3) is 0 Å². The topological polar surface area (TPSA) is 17.1 Å². The van der Waals surface area contributed by atoms with E-state index in [2.05, 4.69) is 0 Å². The number of fused-ring (bicyclic) bond motifs is 1. The summed E-state index contributed by atoms with van der Waals surface area (Å²) in [7, 11) is 0. The zero-order valence-corrected chi connectivity index (χ0v) is 6.44. The summed E-state index contributed by atoms with van der Waals surface area (Å²) in [6, 6.07) is 0. The molecule has 0 bridgehead atoms. The minimum absolute atomic E-state index is 0.292. The predicted molar refractivity (Wildman–Crippen MR) is 35.5 cm³/mol. The first-order chi connectivity index (χ1) is 5.03. The van der Waals surface area contributed by atoms with Gasteiger partial charge in [-0.1, -0.05) is 0 Å². The Balaban J connectivity index is 2.00. The molecule has 2 rings (SSSR count). The first kappa shape index (κ1) is 7.47. The number of hydrogen-bond acceptors (Lipinski definition) is 1. The highest BCUT2D eigenvalue weighted by Gasteiger charge is 2.72. The van der Waals surface area contributed by atoms with Gasteiger partial charge in [0.25, 0.3) is 5.92 Å². The van der Waals surface area contributed by atoms with Crippen molar-refractivity contribution in [1.29, 1.82) is 0 Å². The van der Waals surface area contributed by atoms with E-state index in [1.165, 1.54) is 0 Å². The van der Waals surface area contributed by atoms with Crippen molar-refractivity contribution >= 4 is 16.8 Å². The van der Waals surface area contributed by atoms with Crippen LogP contribution in [-0.2, 0) is 4.79 Å². The SMILES string of the molecule is O=C(Cl)C1CC2C(C1)C2(F)F. The molecule has 2 saturated carbocycles. The molecule has 11 heavy (non-hydrogen) atoms. The third-order valence-corrected chi connectivity index (χ3v) is 3.07. The second-order valence-electron chi connectivity index (χ2n) is 3.36. The quantitative estimate of drug-likeness (QED) is 0.565. The van der Waals surface area contributed by atoms with Crippen molar-refractivity contribution in [3.8, 4) is 0 Å². The normalized spacial score (nSPS) is 45.2. The molecule has 2 fully saturated rings. The van der Waals surface area contributed by atoms with Gasteiger partial charge in [0.15, 0.2) is 0 Å². The number of hydrogen-bond donors (Lipinski definition) is 0. The smallest absolute Gasteiger partial charge is 0.254 e. The minimum atomic E-state index is -2.48. The molecular weight excluding hydrogens is 174 g/mol. The van der Waals surface area contributed by atoms with Crippen LogP contribution < -0.4 is 0 Å². The lowest BCUT2D eigenvalue weighted by molar-refractivity contribution is -0.115. The van der Waals surface area contributed by atoms with Crippen molar-refractivity contribution in [1.82, 2.24) is 0 Å². The molecule has 0 saturated heterocycles. The first-order valence-corrected chi connectivity index (χ1v) is 3.98.